The van der Waals surface area contributed by atoms with Gasteiger partial charge in [-0.1, -0.05) is 6.42 Å². The zero-order chi connectivity index (χ0) is 14.5. The third-order valence-corrected chi connectivity index (χ3v) is 4.32. The molecule has 0 amide bonds. The van der Waals surface area contributed by atoms with E-state index >= 15 is 0 Å². The van der Waals surface area contributed by atoms with Gasteiger partial charge in [-0.15, -0.1) is 0 Å². The van der Waals surface area contributed by atoms with Crippen LogP contribution in [0, 0.1) is 0 Å². The van der Waals surface area contributed by atoms with Crippen molar-refractivity contribution in [2.75, 3.05) is 17.0 Å². The molecule has 1 aliphatic carbocycles. The van der Waals surface area contributed by atoms with Gasteiger partial charge in [-0.3, -0.25) is 5.43 Å². The van der Waals surface area contributed by atoms with Gasteiger partial charge in [0.1, 0.15) is 0 Å². The van der Waals surface area contributed by atoms with Crippen molar-refractivity contribution in [3.63, 3.8) is 0 Å². The maximum atomic E-state index is 5.51. The Kier molecular flexibility index (Phi) is 5.24. The number of aromatic nitrogens is 3. The summed E-state index contributed by atoms with van der Waals surface area (Å²) in [5.74, 6) is 6.20. The minimum Gasteiger partial charge on any atom is -0.461 e. The summed E-state index contributed by atoms with van der Waals surface area (Å²) in [7, 11) is 0. The maximum Gasteiger partial charge on any atom is 0.323 e. The Hall–Kier alpha value is -1.28. The molecule has 7 nitrogen and oxygen atoms in total. The van der Waals surface area contributed by atoms with Crippen LogP contribution in [-0.4, -0.2) is 38.6 Å². The fourth-order valence-electron chi connectivity index (χ4n) is 2.29. The van der Waals surface area contributed by atoms with Crippen LogP contribution in [0.5, 0.6) is 6.01 Å². The van der Waals surface area contributed by atoms with Crippen molar-refractivity contribution in [3.8, 4) is 6.01 Å². The number of nitrogens with one attached hydrogen (secondary N) is 2. The molecule has 1 aromatic heterocycles. The fourth-order valence-corrected chi connectivity index (χ4v) is 3.22. The number of hydrogen-bond acceptors (Lipinski definition) is 8. The molecule has 0 radical (unpaired) electrons. The van der Waals surface area contributed by atoms with E-state index in [4.69, 9.17) is 10.6 Å². The molecule has 2 atom stereocenters. The number of hydrogen-bond donors (Lipinski definition) is 3. The molecule has 4 N–H and O–H groups in total. The third kappa shape index (κ3) is 3.86. The average Bonchev–Trinajstić information content (AvgIpc) is 2.84. The first-order valence-corrected chi connectivity index (χ1v) is 8.10. The molecule has 8 heteroatoms. The largest absolute Gasteiger partial charge is 0.461 e. The Morgan fingerprint density at radius 3 is 2.65 bits per heavy atom. The van der Waals surface area contributed by atoms with Crippen molar-refractivity contribution in [1.82, 2.24) is 15.0 Å². The van der Waals surface area contributed by atoms with E-state index in [0.29, 0.717) is 23.2 Å². The standard InChI is InChI=1S/C12H22N6OS/c1-7(2)19-12-16-10(15-11(17-12)18-13)14-8-5-4-6-9(8)20-3/h7-9H,4-6,13H2,1-3H3,(H2,14,15,16,17,18). The smallest absolute Gasteiger partial charge is 0.323 e. The lowest BCUT2D eigenvalue weighted by molar-refractivity contribution is 0.222. The minimum absolute atomic E-state index is 0.00120. The number of nitrogens with two attached hydrogens (primary N) is 1. The van der Waals surface area contributed by atoms with E-state index in [9.17, 15) is 0 Å². The molecule has 0 aliphatic heterocycles. The summed E-state index contributed by atoms with van der Waals surface area (Å²) in [5.41, 5.74) is 2.44. The van der Waals surface area contributed by atoms with Gasteiger partial charge in [0.2, 0.25) is 11.9 Å². The summed E-state index contributed by atoms with van der Waals surface area (Å²) < 4.78 is 5.51. The van der Waals surface area contributed by atoms with E-state index in [2.05, 4.69) is 32.0 Å². The average molecular weight is 298 g/mol. The lowest BCUT2D eigenvalue weighted by atomic mass is 10.2. The Morgan fingerprint density at radius 2 is 2.00 bits per heavy atom. The molecule has 1 fully saturated rings. The molecular formula is C12H22N6OS. The van der Waals surface area contributed by atoms with Gasteiger partial charge in [0.15, 0.2) is 0 Å². The topological polar surface area (TPSA) is 98.0 Å². The number of nitrogen functional groups attached to an aromatic ring is 1. The Balaban J connectivity index is 2.13. The zero-order valence-electron chi connectivity index (χ0n) is 12.1. The van der Waals surface area contributed by atoms with Gasteiger partial charge in [0.25, 0.3) is 0 Å². The number of thioether (sulfide) groups is 1. The minimum atomic E-state index is 0.00120. The second-order valence-electron chi connectivity index (χ2n) is 5.03. The first kappa shape index (κ1) is 15.1. The van der Waals surface area contributed by atoms with Crippen molar-refractivity contribution in [3.05, 3.63) is 0 Å². The van der Waals surface area contributed by atoms with Crippen LogP contribution in [0.1, 0.15) is 33.1 Å². The van der Waals surface area contributed by atoms with E-state index in [0.717, 1.165) is 6.42 Å². The molecule has 0 bridgehead atoms. The molecule has 1 saturated carbocycles. The van der Waals surface area contributed by atoms with Crippen molar-refractivity contribution in [1.29, 1.82) is 0 Å². The zero-order valence-corrected chi connectivity index (χ0v) is 12.9. The number of ether oxygens (including phenoxy) is 1. The van der Waals surface area contributed by atoms with Crippen molar-refractivity contribution >= 4 is 23.7 Å². The Morgan fingerprint density at radius 1 is 1.25 bits per heavy atom. The van der Waals surface area contributed by atoms with Crippen LogP contribution in [0.2, 0.25) is 0 Å². The molecule has 2 rings (SSSR count). The predicted molar refractivity (Wildman–Crippen MR) is 82.0 cm³/mol. The van der Waals surface area contributed by atoms with Crippen molar-refractivity contribution in [2.24, 2.45) is 5.84 Å². The van der Waals surface area contributed by atoms with Gasteiger partial charge in [-0.05, 0) is 32.9 Å². The normalized spacial score (nSPS) is 22.1. The lowest BCUT2D eigenvalue weighted by Crippen LogP contribution is -2.27. The summed E-state index contributed by atoms with van der Waals surface area (Å²) in [6.45, 7) is 3.85. The second-order valence-corrected chi connectivity index (χ2v) is 6.11. The molecule has 1 heterocycles. The van der Waals surface area contributed by atoms with Crippen LogP contribution in [0.3, 0.4) is 0 Å². The molecule has 0 aromatic carbocycles. The van der Waals surface area contributed by atoms with E-state index in [1.807, 2.05) is 25.6 Å². The Bertz CT molecular complexity index is 444. The summed E-state index contributed by atoms with van der Waals surface area (Å²) in [4.78, 5) is 12.6. The van der Waals surface area contributed by atoms with E-state index < -0.39 is 0 Å². The number of rotatable bonds is 6. The van der Waals surface area contributed by atoms with Crippen LogP contribution < -0.4 is 21.3 Å². The van der Waals surface area contributed by atoms with Gasteiger partial charge in [-0.2, -0.15) is 26.7 Å². The van der Waals surface area contributed by atoms with Gasteiger partial charge in [0, 0.05) is 11.3 Å². The van der Waals surface area contributed by atoms with E-state index in [1.54, 1.807) is 0 Å². The van der Waals surface area contributed by atoms with Crippen LogP contribution in [0.4, 0.5) is 11.9 Å². The highest BCUT2D eigenvalue weighted by Gasteiger charge is 2.27. The summed E-state index contributed by atoms with van der Waals surface area (Å²) in [6, 6.07) is 0.661. The van der Waals surface area contributed by atoms with Gasteiger partial charge in [-0.25, -0.2) is 5.84 Å². The van der Waals surface area contributed by atoms with E-state index in [-0.39, 0.29) is 12.1 Å². The first-order chi connectivity index (χ1) is 9.62. The number of anilines is 2. The monoisotopic (exact) mass is 298 g/mol. The molecule has 1 aromatic rings. The molecule has 20 heavy (non-hydrogen) atoms. The quantitative estimate of drug-likeness (QED) is 0.538. The predicted octanol–water partition coefficient (Wildman–Crippen LogP) is 1.64. The van der Waals surface area contributed by atoms with Gasteiger partial charge in [0.05, 0.1) is 6.10 Å². The van der Waals surface area contributed by atoms with Gasteiger partial charge >= 0.3 is 6.01 Å². The summed E-state index contributed by atoms with van der Waals surface area (Å²) in [6.07, 6.45) is 5.72. The second kappa shape index (κ2) is 6.94. The number of hydrazine groups is 1. The van der Waals surface area contributed by atoms with Gasteiger partial charge < -0.3 is 10.1 Å². The van der Waals surface area contributed by atoms with Crippen LogP contribution in [0.15, 0.2) is 0 Å². The maximum absolute atomic E-state index is 5.51. The molecule has 112 valence electrons. The van der Waals surface area contributed by atoms with Crippen molar-refractivity contribution < 1.29 is 4.74 Å². The fraction of sp³-hybridized carbons (Fsp3) is 0.750. The highest BCUT2D eigenvalue weighted by atomic mass is 32.2. The summed E-state index contributed by atoms with van der Waals surface area (Å²) >= 11 is 1.88. The molecular weight excluding hydrogens is 276 g/mol. The van der Waals surface area contributed by atoms with Crippen LogP contribution in [-0.2, 0) is 0 Å². The Labute approximate surface area is 123 Å². The van der Waals surface area contributed by atoms with Crippen LogP contribution >= 0.6 is 11.8 Å². The lowest BCUT2D eigenvalue weighted by Gasteiger charge is -2.19. The molecule has 2 unspecified atom stereocenters. The summed E-state index contributed by atoms with van der Waals surface area (Å²) in [5, 5.41) is 3.96. The first-order valence-electron chi connectivity index (χ1n) is 6.81. The number of nitrogens with zero attached hydrogens (tertiary/aromatic N) is 3. The molecule has 0 saturated heterocycles. The molecule has 0 spiro atoms. The van der Waals surface area contributed by atoms with Crippen LogP contribution in [0.25, 0.3) is 0 Å². The van der Waals surface area contributed by atoms with E-state index in [1.165, 1.54) is 12.8 Å². The van der Waals surface area contributed by atoms with Crippen molar-refractivity contribution in [2.45, 2.75) is 50.5 Å². The highest BCUT2D eigenvalue weighted by Crippen LogP contribution is 2.30. The SMILES string of the molecule is CSC1CCCC1Nc1nc(NN)nc(OC(C)C)n1. The highest BCUT2D eigenvalue weighted by molar-refractivity contribution is 7.99. The molecule has 1 aliphatic rings. The third-order valence-electron chi connectivity index (χ3n) is 3.15.